The van der Waals surface area contributed by atoms with Crippen molar-refractivity contribution in [2.24, 2.45) is 5.73 Å². The lowest BCUT2D eigenvalue weighted by molar-refractivity contribution is 0.279. The Labute approximate surface area is 155 Å². The van der Waals surface area contributed by atoms with Gasteiger partial charge < -0.3 is 10.5 Å². The number of hydrogen-bond acceptors (Lipinski definition) is 4. The van der Waals surface area contributed by atoms with Crippen LogP contribution in [0.25, 0.3) is 11.1 Å². The van der Waals surface area contributed by atoms with E-state index in [1.165, 1.54) is 9.87 Å². The zero-order valence-electron chi connectivity index (χ0n) is 15.4. The Kier molecular flexibility index (Phi) is 5.65. The van der Waals surface area contributed by atoms with E-state index >= 15 is 0 Å². The molecule has 1 fully saturated rings. The molecule has 0 unspecified atom stereocenters. The number of benzene rings is 2. The maximum Gasteiger partial charge on any atom is 0.214 e. The smallest absolute Gasteiger partial charge is 0.214 e. The number of nitrogens with zero attached hydrogens (tertiary/aromatic N) is 1. The molecule has 140 valence electrons. The fraction of sp³-hybridized carbons (Fsp3) is 0.400. The zero-order chi connectivity index (χ0) is 18.7. The number of sulfonamides is 1. The highest BCUT2D eigenvalue weighted by Crippen LogP contribution is 2.31. The molecule has 1 saturated heterocycles. The van der Waals surface area contributed by atoms with E-state index in [9.17, 15) is 8.42 Å². The van der Waals surface area contributed by atoms with Crippen molar-refractivity contribution in [2.75, 3.05) is 25.4 Å². The third kappa shape index (κ3) is 4.09. The average Bonchev–Trinajstić information content (AvgIpc) is 2.93. The highest BCUT2D eigenvalue weighted by molar-refractivity contribution is 7.89. The minimum absolute atomic E-state index is 0.252. The first-order valence-corrected chi connectivity index (χ1v) is 10.5. The van der Waals surface area contributed by atoms with Crippen molar-refractivity contribution in [1.82, 2.24) is 4.31 Å². The van der Waals surface area contributed by atoms with Crippen LogP contribution in [0, 0.1) is 13.8 Å². The monoisotopic (exact) mass is 374 g/mol. The molecule has 1 aliphatic heterocycles. The summed E-state index contributed by atoms with van der Waals surface area (Å²) in [6, 6.07) is 12.3. The molecule has 0 radical (unpaired) electrons. The molecule has 2 aromatic carbocycles. The van der Waals surface area contributed by atoms with Crippen LogP contribution in [-0.4, -0.2) is 38.2 Å². The quantitative estimate of drug-likeness (QED) is 0.844. The molecule has 0 bridgehead atoms. The molecule has 1 heterocycles. The van der Waals surface area contributed by atoms with E-state index < -0.39 is 10.0 Å². The summed E-state index contributed by atoms with van der Waals surface area (Å²) < 4.78 is 31.0. The minimum atomic E-state index is -3.06. The van der Waals surface area contributed by atoms with E-state index in [2.05, 4.69) is 26.0 Å². The van der Waals surface area contributed by atoms with Crippen LogP contribution in [0.1, 0.15) is 23.1 Å². The summed E-state index contributed by atoms with van der Waals surface area (Å²) in [5.41, 5.74) is 11.5. The van der Waals surface area contributed by atoms with Crippen LogP contribution >= 0.6 is 0 Å². The predicted molar refractivity (Wildman–Crippen MR) is 105 cm³/mol. The lowest BCUT2D eigenvalue weighted by Crippen LogP contribution is -2.30. The van der Waals surface area contributed by atoms with Crippen molar-refractivity contribution in [1.29, 1.82) is 0 Å². The molecule has 0 aromatic heterocycles. The standard InChI is InChI=1S/C20H26N2O3S/c1-15-11-19(25-9-8-22-7-4-10-26(22,23)24)12-16(2)20(15)18-6-3-5-17(13-18)14-21/h3,5-6,11-13H,4,7-10,14,21H2,1-2H3. The van der Waals surface area contributed by atoms with Gasteiger partial charge in [0, 0.05) is 19.6 Å². The van der Waals surface area contributed by atoms with Gasteiger partial charge in [-0.2, -0.15) is 4.31 Å². The van der Waals surface area contributed by atoms with Gasteiger partial charge in [-0.1, -0.05) is 18.2 Å². The van der Waals surface area contributed by atoms with Crippen LogP contribution in [0.5, 0.6) is 5.75 Å². The molecule has 2 aromatic rings. The van der Waals surface area contributed by atoms with Crippen LogP contribution in [0.2, 0.25) is 0 Å². The number of ether oxygens (including phenoxy) is 1. The van der Waals surface area contributed by atoms with E-state index in [-0.39, 0.29) is 5.75 Å². The molecule has 0 spiro atoms. The number of nitrogens with two attached hydrogens (primary N) is 1. The van der Waals surface area contributed by atoms with E-state index in [4.69, 9.17) is 10.5 Å². The van der Waals surface area contributed by atoms with Gasteiger partial charge in [0.05, 0.1) is 5.75 Å². The largest absolute Gasteiger partial charge is 0.492 e. The van der Waals surface area contributed by atoms with Gasteiger partial charge in [0.25, 0.3) is 0 Å². The van der Waals surface area contributed by atoms with Gasteiger partial charge in [-0.15, -0.1) is 0 Å². The molecule has 0 saturated carbocycles. The molecular weight excluding hydrogens is 348 g/mol. The maximum atomic E-state index is 11.8. The summed E-state index contributed by atoms with van der Waals surface area (Å²) in [6.07, 6.45) is 0.705. The van der Waals surface area contributed by atoms with Crippen LogP contribution in [0.3, 0.4) is 0 Å². The minimum Gasteiger partial charge on any atom is -0.492 e. The van der Waals surface area contributed by atoms with E-state index in [1.54, 1.807) is 0 Å². The van der Waals surface area contributed by atoms with Gasteiger partial charge in [-0.25, -0.2) is 8.42 Å². The summed E-state index contributed by atoms with van der Waals surface area (Å²) in [5, 5.41) is 0. The SMILES string of the molecule is Cc1cc(OCCN2CCCS2(=O)=O)cc(C)c1-c1cccc(CN)c1. The molecule has 26 heavy (non-hydrogen) atoms. The van der Waals surface area contributed by atoms with Gasteiger partial charge in [-0.3, -0.25) is 0 Å². The Hall–Kier alpha value is -1.89. The van der Waals surface area contributed by atoms with Crippen LogP contribution < -0.4 is 10.5 Å². The number of aryl methyl sites for hydroxylation is 2. The Morgan fingerprint density at radius 1 is 1.15 bits per heavy atom. The normalized spacial score (nSPS) is 16.7. The second kappa shape index (κ2) is 7.78. The second-order valence-electron chi connectivity index (χ2n) is 6.75. The van der Waals surface area contributed by atoms with Gasteiger partial charge in [0.1, 0.15) is 12.4 Å². The maximum absolute atomic E-state index is 11.8. The fourth-order valence-corrected chi connectivity index (χ4v) is 5.04. The Morgan fingerprint density at radius 3 is 2.50 bits per heavy atom. The van der Waals surface area contributed by atoms with Crippen molar-refractivity contribution < 1.29 is 13.2 Å². The summed E-state index contributed by atoms with van der Waals surface area (Å²) >= 11 is 0. The predicted octanol–water partition coefficient (Wildman–Crippen LogP) is 2.84. The Balaban J connectivity index is 1.73. The van der Waals surface area contributed by atoms with Gasteiger partial charge >= 0.3 is 0 Å². The summed E-state index contributed by atoms with van der Waals surface area (Å²) in [5.74, 6) is 1.03. The third-order valence-electron chi connectivity index (χ3n) is 4.77. The topological polar surface area (TPSA) is 72.6 Å². The molecular formula is C20H26N2O3S. The number of hydrogen-bond donors (Lipinski definition) is 1. The van der Waals surface area contributed by atoms with E-state index in [0.29, 0.717) is 32.7 Å². The fourth-order valence-electron chi connectivity index (χ4n) is 3.52. The van der Waals surface area contributed by atoms with Crippen molar-refractivity contribution in [3.05, 3.63) is 53.1 Å². The molecule has 0 atom stereocenters. The highest BCUT2D eigenvalue weighted by atomic mass is 32.2. The van der Waals surface area contributed by atoms with Crippen molar-refractivity contribution in [3.8, 4) is 16.9 Å². The van der Waals surface area contributed by atoms with Crippen molar-refractivity contribution in [3.63, 3.8) is 0 Å². The second-order valence-corrected chi connectivity index (χ2v) is 8.84. The van der Waals surface area contributed by atoms with Gasteiger partial charge in [0.2, 0.25) is 10.0 Å². The molecule has 1 aliphatic rings. The lowest BCUT2D eigenvalue weighted by atomic mass is 9.94. The molecule has 6 heteroatoms. The summed E-state index contributed by atoms with van der Waals surface area (Å²) in [7, 11) is -3.06. The third-order valence-corrected chi connectivity index (χ3v) is 6.73. The molecule has 5 nitrogen and oxygen atoms in total. The van der Waals surface area contributed by atoms with Crippen molar-refractivity contribution in [2.45, 2.75) is 26.8 Å². The Bertz CT molecular complexity index is 871. The number of rotatable bonds is 6. The molecule has 0 aliphatic carbocycles. The lowest BCUT2D eigenvalue weighted by Gasteiger charge is -2.17. The average molecular weight is 375 g/mol. The molecule has 0 amide bonds. The van der Waals surface area contributed by atoms with Crippen LogP contribution in [0.15, 0.2) is 36.4 Å². The van der Waals surface area contributed by atoms with E-state index in [0.717, 1.165) is 28.0 Å². The first kappa shape index (κ1) is 18.9. The van der Waals surface area contributed by atoms with Gasteiger partial charge in [0.15, 0.2) is 0 Å². The van der Waals surface area contributed by atoms with Crippen molar-refractivity contribution >= 4 is 10.0 Å². The zero-order valence-corrected chi connectivity index (χ0v) is 16.2. The first-order chi connectivity index (χ1) is 12.4. The van der Waals surface area contributed by atoms with E-state index in [1.807, 2.05) is 24.3 Å². The first-order valence-electron chi connectivity index (χ1n) is 8.92. The van der Waals surface area contributed by atoms with Crippen LogP contribution in [0.4, 0.5) is 0 Å². The van der Waals surface area contributed by atoms with Gasteiger partial charge in [-0.05, 0) is 66.3 Å². The molecule has 2 N–H and O–H groups in total. The Morgan fingerprint density at radius 2 is 1.88 bits per heavy atom. The summed E-state index contributed by atoms with van der Waals surface area (Å²) in [4.78, 5) is 0. The molecule has 3 rings (SSSR count). The highest BCUT2D eigenvalue weighted by Gasteiger charge is 2.27. The summed E-state index contributed by atoms with van der Waals surface area (Å²) in [6.45, 7) is 6.01. The van der Waals surface area contributed by atoms with Crippen LogP contribution in [-0.2, 0) is 16.6 Å².